The van der Waals surface area contributed by atoms with E-state index >= 15 is 0 Å². The van der Waals surface area contributed by atoms with Crippen LogP contribution in [0.25, 0.3) is 0 Å². The molecule has 0 saturated carbocycles. The van der Waals surface area contributed by atoms with E-state index in [1.54, 1.807) is 4.90 Å². The lowest BCUT2D eigenvalue weighted by Crippen LogP contribution is -2.37. The lowest BCUT2D eigenvalue weighted by molar-refractivity contribution is -0.117. The molecule has 0 unspecified atom stereocenters. The van der Waals surface area contributed by atoms with Crippen LogP contribution < -0.4 is 0 Å². The second kappa shape index (κ2) is 7.63. The van der Waals surface area contributed by atoms with Crippen molar-refractivity contribution in [2.24, 2.45) is 0 Å². The van der Waals surface area contributed by atoms with Gasteiger partial charge in [0.05, 0.1) is 0 Å². The topological polar surface area (TPSA) is 26.8 Å². The normalized spacial score (nSPS) is 16.9. The van der Waals surface area contributed by atoms with Crippen LogP contribution in [-0.2, 0) is 4.79 Å². The third kappa shape index (κ3) is 4.94. The molecule has 1 aliphatic heterocycles. The number of amides is 1. The summed E-state index contributed by atoms with van der Waals surface area (Å²) >= 11 is 0. The second-order valence-corrected chi connectivity index (χ2v) is 4.57. The lowest BCUT2D eigenvalue weighted by atomic mass is 10.4. The number of likely N-dealkylation sites (tertiary alicyclic amines) is 1. The number of carbonyl (C=O) groups is 1. The molecule has 16 heavy (non-hydrogen) atoms. The van der Waals surface area contributed by atoms with Gasteiger partial charge in [0.25, 0.3) is 0 Å². The molecule has 0 aromatic rings. The predicted molar refractivity (Wildman–Crippen MR) is 66.5 cm³/mol. The lowest BCUT2D eigenvalue weighted by Gasteiger charge is -2.25. The molecule has 0 aliphatic carbocycles. The van der Waals surface area contributed by atoms with Crippen LogP contribution >= 0.6 is 0 Å². The van der Waals surface area contributed by atoms with E-state index in [-0.39, 0.29) is 0 Å². The molecule has 94 valence electrons. The van der Waals surface area contributed by atoms with Crippen LogP contribution in [0.1, 0.15) is 19.8 Å². The van der Waals surface area contributed by atoms with Crippen LogP contribution in [0.2, 0.25) is 0 Å². The Kier molecular flexibility index (Phi) is 6.42. The summed E-state index contributed by atoms with van der Waals surface area (Å²) in [7, 11) is 1.83. The zero-order valence-electron chi connectivity index (χ0n) is 10.7. The summed E-state index contributed by atoms with van der Waals surface area (Å²) in [5.41, 5.74) is 0. The maximum absolute atomic E-state index is 10.5. The summed E-state index contributed by atoms with van der Waals surface area (Å²) in [6.07, 6.45) is 3.62. The first-order chi connectivity index (χ1) is 7.76. The molecular weight excluding hydrogens is 202 g/mol. The van der Waals surface area contributed by atoms with Crippen LogP contribution in [-0.4, -0.2) is 74.0 Å². The van der Waals surface area contributed by atoms with Crippen molar-refractivity contribution < 1.29 is 4.79 Å². The van der Waals surface area contributed by atoms with Gasteiger partial charge in [0.2, 0.25) is 6.41 Å². The Labute approximate surface area is 99.2 Å². The summed E-state index contributed by atoms with van der Waals surface area (Å²) in [4.78, 5) is 17.1. The maximum Gasteiger partial charge on any atom is 0.209 e. The Balaban J connectivity index is 2.12. The molecule has 0 aromatic carbocycles. The summed E-state index contributed by atoms with van der Waals surface area (Å²) in [6.45, 7) is 9.92. The molecule has 1 heterocycles. The van der Waals surface area contributed by atoms with E-state index in [9.17, 15) is 4.79 Å². The molecule has 1 fully saturated rings. The van der Waals surface area contributed by atoms with Gasteiger partial charge in [-0.15, -0.1) is 0 Å². The highest BCUT2D eigenvalue weighted by molar-refractivity contribution is 5.46. The van der Waals surface area contributed by atoms with Crippen LogP contribution in [0.4, 0.5) is 0 Å². The monoisotopic (exact) mass is 227 g/mol. The van der Waals surface area contributed by atoms with E-state index in [4.69, 9.17) is 0 Å². The van der Waals surface area contributed by atoms with E-state index in [2.05, 4.69) is 16.7 Å². The minimum absolute atomic E-state index is 0.831. The largest absolute Gasteiger partial charge is 0.347 e. The summed E-state index contributed by atoms with van der Waals surface area (Å²) in [6, 6.07) is 0. The van der Waals surface area contributed by atoms with E-state index in [0.29, 0.717) is 0 Å². The quantitative estimate of drug-likeness (QED) is 0.565. The number of hydrogen-bond acceptors (Lipinski definition) is 3. The third-order valence-electron chi connectivity index (χ3n) is 3.33. The molecule has 1 aliphatic rings. The molecule has 0 aromatic heterocycles. The number of likely N-dealkylation sites (N-methyl/N-ethyl adjacent to an activating group) is 2. The standard InChI is InChI=1S/C12H25N3O/c1-3-14(9-8-13(2)12-16)10-11-15-6-4-5-7-15/h12H,3-11H2,1-2H3. The van der Waals surface area contributed by atoms with Gasteiger partial charge in [0.15, 0.2) is 0 Å². The summed E-state index contributed by atoms with van der Waals surface area (Å²) in [5.74, 6) is 0. The minimum atomic E-state index is 0.831. The molecule has 0 atom stereocenters. The fraction of sp³-hybridized carbons (Fsp3) is 0.917. The Morgan fingerprint density at radius 1 is 1.19 bits per heavy atom. The van der Waals surface area contributed by atoms with Crippen molar-refractivity contribution in [1.82, 2.24) is 14.7 Å². The van der Waals surface area contributed by atoms with E-state index in [0.717, 1.165) is 32.6 Å². The number of rotatable bonds is 8. The van der Waals surface area contributed by atoms with Crippen molar-refractivity contribution in [2.75, 3.05) is 52.9 Å². The molecular formula is C12H25N3O. The van der Waals surface area contributed by atoms with Gasteiger partial charge in [-0.1, -0.05) is 6.92 Å². The molecule has 0 spiro atoms. The zero-order valence-corrected chi connectivity index (χ0v) is 10.7. The van der Waals surface area contributed by atoms with Crippen LogP contribution in [0.5, 0.6) is 0 Å². The fourth-order valence-corrected chi connectivity index (χ4v) is 2.07. The van der Waals surface area contributed by atoms with E-state index in [1.807, 2.05) is 7.05 Å². The summed E-state index contributed by atoms with van der Waals surface area (Å²) < 4.78 is 0. The van der Waals surface area contributed by atoms with Gasteiger partial charge in [-0.05, 0) is 32.5 Å². The molecule has 1 saturated heterocycles. The highest BCUT2D eigenvalue weighted by atomic mass is 16.1. The average molecular weight is 227 g/mol. The molecule has 0 radical (unpaired) electrons. The maximum atomic E-state index is 10.5. The van der Waals surface area contributed by atoms with Gasteiger partial charge >= 0.3 is 0 Å². The number of hydrogen-bond donors (Lipinski definition) is 0. The van der Waals surface area contributed by atoms with Crippen molar-refractivity contribution in [3.63, 3.8) is 0 Å². The minimum Gasteiger partial charge on any atom is -0.347 e. The number of nitrogens with zero attached hydrogens (tertiary/aromatic N) is 3. The van der Waals surface area contributed by atoms with Crippen molar-refractivity contribution in [3.05, 3.63) is 0 Å². The van der Waals surface area contributed by atoms with Crippen LogP contribution in [0.3, 0.4) is 0 Å². The number of carbonyl (C=O) groups excluding carboxylic acids is 1. The molecule has 4 nitrogen and oxygen atoms in total. The van der Waals surface area contributed by atoms with Gasteiger partial charge in [-0.3, -0.25) is 4.79 Å². The van der Waals surface area contributed by atoms with Gasteiger partial charge in [0, 0.05) is 33.2 Å². The molecule has 1 amide bonds. The molecule has 0 N–H and O–H groups in total. The highest BCUT2D eigenvalue weighted by Gasteiger charge is 2.12. The SMILES string of the molecule is CCN(CCN(C)C=O)CCN1CCCC1. The van der Waals surface area contributed by atoms with Gasteiger partial charge in [-0.25, -0.2) is 0 Å². The highest BCUT2D eigenvalue weighted by Crippen LogP contribution is 2.06. The first kappa shape index (κ1) is 13.5. The summed E-state index contributed by atoms with van der Waals surface area (Å²) in [5, 5.41) is 0. The Morgan fingerprint density at radius 2 is 1.88 bits per heavy atom. The van der Waals surface area contributed by atoms with Crippen molar-refractivity contribution in [2.45, 2.75) is 19.8 Å². The third-order valence-corrected chi connectivity index (χ3v) is 3.33. The molecule has 4 heteroatoms. The Bertz CT molecular complexity index is 193. The predicted octanol–water partition coefficient (Wildman–Crippen LogP) is 0.492. The van der Waals surface area contributed by atoms with Crippen molar-refractivity contribution in [3.8, 4) is 0 Å². The van der Waals surface area contributed by atoms with Gasteiger partial charge in [0.1, 0.15) is 0 Å². The smallest absolute Gasteiger partial charge is 0.209 e. The van der Waals surface area contributed by atoms with Crippen LogP contribution in [0, 0.1) is 0 Å². The molecule has 1 rings (SSSR count). The first-order valence-electron chi connectivity index (χ1n) is 6.36. The van der Waals surface area contributed by atoms with E-state index < -0.39 is 0 Å². The van der Waals surface area contributed by atoms with Crippen molar-refractivity contribution in [1.29, 1.82) is 0 Å². The van der Waals surface area contributed by atoms with Crippen molar-refractivity contribution >= 4 is 6.41 Å². The molecule has 0 bridgehead atoms. The average Bonchev–Trinajstić information content (AvgIpc) is 2.81. The second-order valence-electron chi connectivity index (χ2n) is 4.57. The van der Waals surface area contributed by atoms with Gasteiger partial charge < -0.3 is 14.7 Å². The Hall–Kier alpha value is -0.610. The van der Waals surface area contributed by atoms with E-state index in [1.165, 1.54) is 32.5 Å². The van der Waals surface area contributed by atoms with Gasteiger partial charge in [-0.2, -0.15) is 0 Å². The Morgan fingerprint density at radius 3 is 2.44 bits per heavy atom. The zero-order chi connectivity index (χ0) is 11.8. The first-order valence-corrected chi connectivity index (χ1v) is 6.36. The van der Waals surface area contributed by atoms with Crippen LogP contribution in [0.15, 0.2) is 0 Å². The fourth-order valence-electron chi connectivity index (χ4n) is 2.07.